The fourth-order valence-corrected chi connectivity index (χ4v) is 2.18. The molecule has 1 amide bonds. The van der Waals surface area contributed by atoms with Gasteiger partial charge < -0.3 is 10.1 Å². The van der Waals surface area contributed by atoms with Crippen LogP contribution >= 0.6 is 11.3 Å². The van der Waals surface area contributed by atoms with Crippen molar-refractivity contribution in [2.45, 2.75) is 13.5 Å². The van der Waals surface area contributed by atoms with Gasteiger partial charge in [0, 0.05) is 6.54 Å². The summed E-state index contributed by atoms with van der Waals surface area (Å²) in [5.74, 6) is 0.646. The number of hydrogen-bond donors (Lipinski definition) is 1. The Morgan fingerprint density at radius 2 is 2.17 bits per heavy atom. The molecule has 0 aliphatic heterocycles. The average Bonchev–Trinajstić information content (AvgIpc) is 2.88. The molecule has 1 N–H and O–H groups in total. The number of carbonyl (C=O) groups excluding carboxylic acids is 1. The summed E-state index contributed by atoms with van der Waals surface area (Å²) in [4.78, 5) is 11.6. The van der Waals surface area contributed by atoms with Gasteiger partial charge in [0.05, 0.1) is 0 Å². The first-order chi connectivity index (χ1) is 8.75. The van der Waals surface area contributed by atoms with Crippen molar-refractivity contribution in [1.29, 1.82) is 0 Å². The molecule has 4 heteroatoms. The highest BCUT2D eigenvalue weighted by molar-refractivity contribution is 7.07. The molecular formula is C14H15NO2S. The molecule has 94 valence electrons. The third-order valence-electron chi connectivity index (χ3n) is 2.52. The van der Waals surface area contributed by atoms with Crippen LogP contribution in [-0.2, 0) is 11.3 Å². The molecule has 0 saturated carbocycles. The second-order valence-corrected chi connectivity index (χ2v) is 4.74. The first kappa shape index (κ1) is 12.6. The van der Waals surface area contributed by atoms with Gasteiger partial charge in [-0.2, -0.15) is 11.3 Å². The highest BCUT2D eigenvalue weighted by atomic mass is 32.1. The predicted molar refractivity (Wildman–Crippen MR) is 72.8 cm³/mol. The number of hydrogen-bond acceptors (Lipinski definition) is 3. The van der Waals surface area contributed by atoms with Crippen LogP contribution in [0.2, 0.25) is 0 Å². The molecule has 1 heterocycles. The number of aryl methyl sites for hydroxylation is 1. The van der Waals surface area contributed by atoms with Crippen LogP contribution in [0.1, 0.15) is 11.1 Å². The molecular weight excluding hydrogens is 246 g/mol. The maximum absolute atomic E-state index is 11.6. The van der Waals surface area contributed by atoms with E-state index in [2.05, 4.69) is 5.32 Å². The SMILES string of the molecule is Cc1ccccc1OCC(=O)NCc1ccsc1. The minimum absolute atomic E-state index is 0.0506. The summed E-state index contributed by atoms with van der Waals surface area (Å²) < 4.78 is 5.46. The second-order valence-electron chi connectivity index (χ2n) is 3.96. The fraction of sp³-hybridized carbons (Fsp3) is 0.214. The molecule has 0 aliphatic carbocycles. The Morgan fingerprint density at radius 3 is 2.89 bits per heavy atom. The quantitative estimate of drug-likeness (QED) is 0.898. The summed E-state index contributed by atoms with van der Waals surface area (Å²) >= 11 is 1.62. The summed E-state index contributed by atoms with van der Waals surface area (Å²) in [6.45, 7) is 2.56. The largest absolute Gasteiger partial charge is 0.484 e. The zero-order valence-corrected chi connectivity index (χ0v) is 11.0. The summed E-state index contributed by atoms with van der Waals surface area (Å²) in [7, 11) is 0. The Bertz CT molecular complexity index is 508. The van der Waals surface area contributed by atoms with E-state index in [1.807, 2.05) is 48.0 Å². The number of ether oxygens (including phenoxy) is 1. The third-order valence-corrected chi connectivity index (χ3v) is 3.25. The van der Waals surface area contributed by atoms with Crippen LogP contribution in [0.15, 0.2) is 41.1 Å². The molecule has 2 aromatic rings. The highest BCUT2D eigenvalue weighted by Gasteiger charge is 2.04. The lowest BCUT2D eigenvalue weighted by atomic mass is 10.2. The summed E-state index contributed by atoms with van der Waals surface area (Å²) in [5, 5.41) is 6.83. The van der Waals surface area contributed by atoms with Crippen molar-refractivity contribution in [2.75, 3.05) is 6.61 Å². The van der Waals surface area contributed by atoms with Crippen molar-refractivity contribution in [3.63, 3.8) is 0 Å². The summed E-state index contributed by atoms with van der Waals surface area (Å²) in [5.41, 5.74) is 2.15. The van der Waals surface area contributed by atoms with Crippen molar-refractivity contribution >= 4 is 17.2 Å². The monoisotopic (exact) mass is 261 g/mol. The van der Waals surface area contributed by atoms with E-state index in [0.717, 1.165) is 16.9 Å². The number of para-hydroxylation sites is 1. The maximum Gasteiger partial charge on any atom is 0.258 e. The van der Waals surface area contributed by atoms with E-state index in [4.69, 9.17) is 4.74 Å². The average molecular weight is 261 g/mol. The van der Waals surface area contributed by atoms with Gasteiger partial charge in [-0.15, -0.1) is 0 Å². The molecule has 1 aromatic carbocycles. The number of rotatable bonds is 5. The van der Waals surface area contributed by atoms with Gasteiger partial charge >= 0.3 is 0 Å². The van der Waals surface area contributed by atoms with Gasteiger partial charge in [-0.25, -0.2) is 0 Å². The van der Waals surface area contributed by atoms with E-state index in [1.165, 1.54) is 0 Å². The van der Waals surface area contributed by atoms with Gasteiger partial charge in [0.2, 0.25) is 0 Å². The van der Waals surface area contributed by atoms with E-state index in [-0.39, 0.29) is 12.5 Å². The van der Waals surface area contributed by atoms with Crippen molar-refractivity contribution in [1.82, 2.24) is 5.32 Å². The van der Waals surface area contributed by atoms with Crippen LogP contribution in [0.5, 0.6) is 5.75 Å². The van der Waals surface area contributed by atoms with Gasteiger partial charge in [0.15, 0.2) is 6.61 Å². The first-order valence-corrected chi connectivity index (χ1v) is 6.66. The number of amides is 1. The fourth-order valence-electron chi connectivity index (χ4n) is 1.51. The van der Waals surface area contributed by atoms with E-state index < -0.39 is 0 Å². The van der Waals surface area contributed by atoms with Gasteiger partial charge in [-0.05, 0) is 40.9 Å². The lowest BCUT2D eigenvalue weighted by Gasteiger charge is -2.08. The Kier molecular flexibility index (Phi) is 4.36. The first-order valence-electron chi connectivity index (χ1n) is 5.72. The second kappa shape index (κ2) is 6.21. The highest BCUT2D eigenvalue weighted by Crippen LogP contribution is 2.15. The minimum atomic E-state index is -0.107. The Morgan fingerprint density at radius 1 is 1.33 bits per heavy atom. The van der Waals surface area contributed by atoms with Crippen LogP contribution in [0.25, 0.3) is 0 Å². The molecule has 0 fully saturated rings. The zero-order valence-electron chi connectivity index (χ0n) is 10.2. The third kappa shape index (κ3) is 3.60. The number of benzene rings is 1. The van der Waals surface area contributed by atoms with E-state index in [9.17, 15) is 4.79 Å². The number of carbonyl (C=O) groups is 1. The topological polar surface area (TPSA) is 38.3 Å². The van der Waals surface area contributed by atoms with E-state index in [0.29, 0.717) is 6.54 Å². The number of nitrogens with one attached hydrogen (secondary N) is 1. The molecule has 1 aromatic heterocycles. The lowest BCUT2D eigenvalue weighted by Crippen LogP contribution is -2.28. The van der Waals surface area contributed by atoms with Crippen LogP contribution < -0.4 is 10.1 Å². The molecule has 0 bridgehead atoms. The molecule has 0 atom stereocenters. The zero-order chi connectivity index (χ0) is 12.8. The smallest absolute Gasteiger partial charge is 0.258 e. The molecule has 2 rings (SSSR count). The molecule has 0 spiro atoms. The van der Waals surface area contributed by atoms with E-state index in [1.54, 1.807) is 11.3 Å². The van der Waals surface area contributed by atoms with Crippen LogP contribution in [0.3, 0.4) is 0 Å². The summed E-state index contributed by atoms with van der Waals surface area (Å²) in [6, 6.07) is 9.65. The van der Waals surface area contributed by atoms with Gasteiger partial charge in [0.1, 0.15) is 5.75 Å². The number of thiophene rings is 1. The Labute approximate surface area is 110 Å². The van der Waals surface area contributed by atoms with Gasteiger partial charge in [-0.1, -0.05) is 18.2 Å². The molecule has 0 radical (unpaired) electrons. The minimum Gasteiger partial charge on any atom is -0.484 e. The molecule has 0 unspecified atom stereocenters. The van der Waals surface area contributed by atoms with Crippen molar-refractivity contribution in [3.05, 3.63) is 52.2 Å². The maximum atomic E-state index is 11.6. The Hall–Kier alpha value is -1.81. The van der Waals surface area contributed by atoms with Gasteiger partial charge in [0.25, 0.3) is 5.91 Å². The molecule has 0 aliphatic rings. The molecule has 18 heavy (non-hydrogen) atoms. The van der Waals surface area contributed by atoms with Crippen LogP contribution in [-0.4, -0.2) is 12.5 Å². The molecule has 3 nitrogen and oxygen atoms in total. The summed E-state index contributed by atoms with van der Waals surface area (Å²) in [6.07, 6.45) is 0. The van der Waals surface area contributed by atoms with Crippen LogP contribution in [0.4, 0.5) is 0 Å². The van der Waals surface area contributed by atoms with Crippen LogP contribution in [0, 0.1) is 6.92 Å². The normalized spacial score (nSPS) is 10.1. The van der Waals surface area contributed by atoms with Crippen molar-refractivity contribution in [3.8, 4) is 5.75 Å². The van der Waals surface area contributed by atoms with Gasteiger partial charge in [-0.3, -0.25) is 4.79 Å². The van der Waals surface area contributed by atoms with Crippen molar-refractivity contribution in [2.24, 2.45) is 0 Å². The van der Waals surface area contributed by atoms with Crippen molar-refractivity contribution < 1.29 is 9.53 Å². The van der Waals surface area contributed by atoms with E-state index >= 15 is 0 Å². The lowest BCUT2D eigenvalue weighted by molar-refractivity contribution is -0.123. The molecule has 0 saturated heterocycles. The standard InChI is InChI=1S/C14H15NO2S/c1-11-4-2-3-5-13(11)17-9-14(16)15-8-12-6-7-18-10-12/h2-7,10H,8-9H2,1H3,(H,15,16). The predicted octanol–water partition coefficient (Wildman–Crippen LogP) is 2.75. The Balaban J connectivity index is 1.77.